The third-order valence-electron chi connectivity index (χ3n) is 10.8. The Morgan fingerprint density at radius 2 is 0.907 bits per heavy atom. The van der Waals surface area contributed by atoms with Crippen LogP contribution in [0.25, 0.3) is 43.6 Å². The molecule has 4 aromatic carbocycles. The molecule has 270 valence electrons. The quantitative estimate of drug-likeness (QED) is 0.115. The van der Waals surface area contributed by atoms with Gasteiger partial charge in [-0.2, -0.15) is 0 Å². The molecule has 0 amide bonds. The van der Waals surface area contributed by atoms with Crippen molar-refractivity contribution in [2.24, 2.45) is 0 Å². The lowest BCUT2D eigenvalue weighted by Gasteiger charge is -2.14. The molecule has 0 radical (unpaired) electrons. The van der Waals surface area contributed by atoms with Gasteiger partial charge >= 0.3 is 11.9 Å². The Morgan fingerprint density at radius 3 is 1.31 bits per heavy atom. The van der Waals surface area contributed by atoms with Crippen LogP contribution in [0.2, 0.25) is 0 Å². The maximum Gasteiger partial charge on any atom is 0.354 e. The summed E-state index contributed by atoms with van der Waals surface area (Å²) in [5, 5.41) is 24.0. The normalized spacial score (nSPS) is 11.7. The van der Waals surface area contributed by atoms with Gasteiger partial charge in [-0.25, -0.2) is 19.6 Å². The van der Waals surface area contributed by atoms with Crippen LogP contribution < -0.4 is 0 Å². The predicted octanol–water partition coefficient (Wildman–Crippen LogP) is 10.1. The second-order valence-electron chi connectivity index (χ2n) is 14.3. The van der Waals surface area contributed by atoms with E-state index in [1.807, 2.05) is 36.4 Å². The minimum absolute atomic E-state index is 0.0609. The van der Waals surface area contributed by atoms with Crippen LogP contribution in [0.15, 0.2) is 109 Å². The largest absolute Gasteiger partial charge is 0.477 e. The topological polar surface area (TPSA) is 110 Å². The van der Waals surface area contributed by atoms with E-state index in [2.05, 4.69) is 83.6 Å². The SMILES string of the molecule is Cc1ccccc1Cn1c2ccccc2c2cc(C(=O)O)nc(CCCCCCc3nc(C(=O)O)cc4c5ccccc5n(Cc5ccccc5C)c34)c21. The number of aromatic carboxylic acids is 2. The molecule has 0 aliphatic carbocycles. The fourth-order valence-corrected chi connectivity index (χ4v) is 8.06. The van der Waals surface area contributed by atoms with E-state index in [0.29, 0.717) is 25.9 Å². The molecule has 0 spiro atoms. The third kappa shape index (κ3) is 6.49. The van der Waals surface area contributed by atoms with Crippen molar-refractivity contribution in [1.82, 2.24) is 19.1 Å². The smallest absolute Gasteiger partial charge is 0.354 e. The zero-order valence-electron chi connectivity index (χ0n) is 30.5. The summed E-state index contributed by atoms with van der Waals surface area (Å²) < 4.78 is 4.59. The number of rotatable bonds is 13. The summed E-state index contributed by atoms with van der Waals surface area (Å²) >= 11 is 0. The molecule has 0 saturated carbocycles. The summed E-state index contributed by atoms with van der Waals surface area (Å²) in [6, 6.07) is 36.5. The first-order chi connectivity index (χ1) is 26.3. The zero-order valence-corrected chi connectivity index (χ0v) is 30.5. The van der Waals surface area contributed by atoms with Crippen molar-refractivity contribution in [1.29, 1.82) is 0 Å². The summed E-state index contributed by atoms with van der Waals surface area (Å²) in [6.07, 6.45) is 4.77. The van der Waals surface area contributed by atoms with Gasteiger partial charge in [-0.05, 0) is 86.1 Å². The Morgan fingerprint density at radius 1 is 0.519 bits per heavy atom. The van der Waals surface area contributed by atoms with Crippen molar-refractivity contribution in [2.75, 3.05) is 0 Å². The van der Waals surface area contributed by atoms with Gasteiger partial charge in [0.1, 0.15) is 11.4 Å². The van der Waals surface area contributed by atoms with Gasteiger partial charge in [0, 0.05) is 45.7 Å². The lowest BCUT2D eigenvalue weighted by Crippen LogP contribution is -2.08. The van der Waals surface area contributed by atoms with Crippen molar-refractivity contribution in [3.05, 3.63) is 154 Å². The average molecular weight is 715 g/mol. The van der Waals surface area contributed by atoms with Gasteiger partial charge in [-0.1, -0.05) is 97.8 Å². The lowest BCUT2D eigenvalue weighted by atomic mass is 10.0. The fourth-order valence-electron chi connectivity index (χ4n) is 8.06. The van der Waals surface area contributed by atoms with Crippen LogP contribution in [-0.2, 0) is 25.9 Å². The number of carboxylic acids is 2. The number of para-hydroxylation sites is 2. The Kier molecular flexibility index (Phi) is 9.42. The van der Waals surface area contributed by atoms with Crippen molar-refractivity contribution in [3.63, 3.8) is 0 Å². The first-order valence-electron chi connectivity index (χ1n) is 18.7. The molecule has 0 saturated heterocycles. The van der Waals surface area contributed by atoms with E-state index in [9.17, 15) is 19.8 Å². The van der Waals surface area contributed by atoms with E-state index >= 15 is 0 Å². The summed E-state index contributed by atoms with van der Waals surface area (Å²) in [7, 11) is 0. The minimum atomic E-state index is -1.03. The zero-order chi connectivity index (χ0) is 37.3. The maximum absolute atomic E-state index is 12.3. The van der Waals surface area contributed by atoms with E-state index in [0.717, 1.165) is 80.7 Å². The van der Waals surface area contributed by atoms with Crippen molar-refractivity contribution in [3.8, 4) is 0 Å². The van der Waals surface area contributed by atoms with Gasteiger partial charge in [-0.15, -0.1) is 0 Å². The van der Waals surface area contributed by atoms with Gasteiger partial charge in [0.25, 0.3) is 0 Å². The Balaban J connectivity index is 1.07. The number of benzene rings is 4. The number of fused-ring (bicyclic) bond motifs is 6. The number of pyridine rings is 2. The third-order valence-corrected chi connectivity index (χ3v) is 10.8. The molecule has 8 nitrogen and oxygen atoms in total. The molecular formula is C46H42N4O4. The van der Waals surface area contributed by atoms with E-state index in [-0.39, 0.29) is 11.4 Å². The van der Waals surface area contributed by atoms with Crippen LogP contribution >= 0.6 is 0 Å². The van der Waals surface area contributed by atoms with Crippen molar-refractivity contribution < 1.29 is 19.8 Å². The highest BCUT2D eigenvalue weighted by Gasteiger charge is 2.21. The number of carbonyl (C=O) groups is 2. The Labute approximate surface area is 313 Å². The van der Waals surface area contributed by atoms with Crippen LogP contribution in [-0.4, -0.2) is 41.3 Å². The van der Waals surface area contributed by atoms with E-state index in [4.69, 9.17) is 9.97 Å². The molecular weight excluding hydrogens is 673 g/mol. The predicted molar refractivity (Wildman–Crippen MR) is 215 cm³/mol. The number of nitrogens with zero attached hydrogens (tertiary/aromatic N) is 4. The van der Waals surface area contributed by atoms with E-state index < -0.39 is 11.9 Å². The first kappa shape index (κ1) is 34.8. The number of hydrogen-bond acceptors (Lipinski definition) is 4. The maximum atomic E-state index is 12.3. The molecule has 0 aliphatic heterocycles. The Hall–Kier alpha value is -6.28. The Bertz CT molecular complexity index is 2540. The molecule has 0 bridgehead atoms. The molecule has 54 heavy (non-hydrogen) atoms. The van der Waals surface area contributed by atoms with Gasteiger partial charge in [0.2, 0.25) is 0 Å². The average Bonchev–Trinajstić information content (AvgIpc) is 3.67. The van der Waals surface area contributed by atoms with E-state index in [1.165, 1.54) is 22.3 Å². The molecule has 4 aromatic heterocycles. The molecule has 0 fully saturated rings. The highest BCUT2D eigenvalue weighted by molar-refractivity contribution is 6.11. The minimum Gasteiger partial charge on any atom is -0.477 e. The molecule has 4 heterocycles. The summed E-state index contributed by atoms with van der Waals surface area (Å²) in [6.45, 7) is 5.56. The molecule has 0 unspecified atom stereocenters. The van der Waals surface area contributed by atoms with Crippen LogP contribution in [0.5, 0.6) is 0 Å². The molecule has 8 aromatic rings. The van der Waals surface area contributed by atoms with Crippen LogP contribution in [0, 0.1) is 13.8 Å². The summed E-state index contributed by atoms with van der Waals surface area (Å²) in [4.78, 5) is 34.0. The summed E-state index contributed by atoms with van der Waals surface area (Å²) in [5.74, 6) is -2.06. The fraction of sp³-hybridized carbons (Fsp3) is 0.217. The van der Waals surface area contributed by atoms with Crippen LogP contribution in [0.4, 0.5) is 0 Å². The number of aryl methyl sites for hydroxylation is 4. The second kappa shape index (κ2) is 14.6. The van der Waals surface area contributed by atoms with Crippen molar-refractivity contribution in [2.45, 2.75) is 65.5 Å². The molecule has 8 rings (SSSR count). The second-order valence-corrected chi connectivity index (χ2v) is 14.3. The molecule has 0 aliphatic rings. The number of carboxylic acid groups (broad SMARTS) is 2. The van der Waals surface area contributed by atoms with E-state index in [1.54, 1.807) is 12.1 Å². The standard InChI is InChI=1S/C46H42N4O4/c1-29-15-7-9-17-31(29)27-49-41-23-13-11-19-33(41)35-25-39(45(51)52)47-37(43(35)49)21-5-3-4-6-22-38-44-36(26-40(48-38)46(53)54)34-20-12-14-24-42(34)50(44)28-32-18-10-8-16-30(32)2/h7-20,23-26H,3-6,21-22,27-28H2,1-2H3,(H,51,52)(H,53,54). The number of hydrogen-bond donors (Lipinski definition) is 2. The highest BCUT2D eigenvalue weighted by Crippen LogP contribution is 2.35. The number of aromatic nitrogens is 4. The van der Waals surface area contributed by atoms with Gasteiger partial charge in [0.15, 0.2) is 0 Å². The molecule has 0 atom stereocenters. The first-order valence-corrected chi connectivity index (χ1v) is 18.7. The van der Waals surface area contributed by atoms with Crippen molar-refractivity contribution >= 4 is 55.6 Å². The molecule has 8 heteroatoms. The summed E-state index contributed by atoms with van der Waals surface area (Å²) in [5.41, 5.74) is 10.6. The monoisotopic (exact) mass is 714 g/mol. The van der Waals surface area contributed by atoms with Crippen LogP contribution in [0.3, 0.4) is 0 Å². The lowest BCUT2D eigenvalue weighted by molar-refractivity contribution is 0.0680. The molecule has 2 N–H and O–H groups in total. The van der Waals surface area contributed by atoms with Gasteiger partial charge < -0.3 is 19.3 Å². The van der Waals surface area contributed by atoms with Gasteiger partial charge in [0.05, 0.1) is 22.4 Å². The highest BCUT2D eigenvalue weighted by atomic mass is 16.4. The number of unbranched alkanes of at least 4 members (excludes halogenated alkanes) is 3. The van der Waals surface area contributed by atoms with Crippen LogP contribution in [0.1, 0.15) is 80.3 Å². The van der Waals surface area contributed by atoms with Gasteiger partial charge in [-0.3, -0.25) is 0 Å².